The zero-order valence-electron chi connectivity index (χ0n) is 16.4. The standard InChI is InChI=1S/C22H25N3O2S/c1-3-17-8-9-18-20(14-17)28-22(23-18)25-12-10-24(11-13-25)21(26)15-27-19-7-5-4-6-16(19)2/h4-9,14H,3,10-13,15H2,1-2H3. The molecule has 146 valence electrons. The number of ether oxygens (including phenoxy) is 1. The number of para-hydroxylation sites is 1. The van der Waals surface area contributed by atoms with Crippen molar-refractivity contribution in [2.75, 3.05) is 37.7 Å². The van der Waals surface area contributed by atoms with Crippen molar-refractivity contribution in [3.05, 3.63) is 53.6 Å². The molecule has 2 aromatic carbocycles. The molecule has 1 saturated heterocycles. The summed E-state index contributed by atoms with van der Waals surface area (Å²) in [6, 6.07) is 14.3. The van der Waals surface area contributed by atoms with Crippen LogP contribution in [0.1, 0.15) is 18.1 Å². The van der Waals surface area contributed by atoms with Gasteiger partial charge in [0.25, 0.3) is 5.91 Å². The van der Waals surface area contributed by atoms with Gasteiger partial charge in [-0.3, -0.25) is 4.79 Å². The van der Waals surface area contributed by atoms with E-state index in [4.69, 9.17) is 9.72 Å². The van der Waals surface area contributed by atoms with E-state index in [1.165, 1.54) is 10.3 Å². The van der Waals surface area contributed by atoms with Crippen molar-refractivity contribution in [1.29, 1.82) is 0 Å². The van der Waals surface area contributed by atoms with Gasteiger partial charge < -0.3 is 14.5 Å². The van der Waals surface area contributed by atoms with Crippen molar-refractivity contribution in [3.8, 4) is 5.75 Å². The number of hydrogen-bond donors (Lipinski definition) is 0. The van der Waals surface area contributed by atoms with Crippen LogP contribution in [-0.4, -0.2) is 48.6 Å². The Hall–Kier alpha value is -2.60. The van der Waals surface area contributed by atoms with E-state index in [1.807, 2.05) is 36.1 Å². The average molecular weight is 396 g/mol. The van der Waals surface area contributed by atoms with Crippen LogP contribution in [0.15, 0.2) is 42.5 Å². The molecule has 5 nitrogen and oxygen atoms in total. The number of amides is 1. The van der Waals surface area contributed by atoms with Gasteiger partial charge in [0, 0.05) is 26.2 Å². The third-order valence-corrected chi connectivity index (χ3v) is 6.28. The molecule has 0 atom stereocenters. The number of aryl methyl sites for hydroxylation is 2. The molecule has 0 spiro atoms. The highest BCUT2D eigenvalue weighted by Gasteiger charge is 2.23. The summed E-state index contributed by atoms with van der Waals surface area (Å²) in [5, 5.41) is 1.05. The van der Waals surface area contributed by atoms with E-state index < -0.39 is 0 Å². The van der Waals surface area contributed by atoms with E-state index in [-0.39, 0.29) is 12.5 Å². The molecule has 0 bridgehead atoms. The third kappa shape index (κ3) is 3.97. The van der Waals surface area contributed by atoms with Crippen molar-refractivity contribution in [2.24, 2.45) is 0 Å². The van der Waals surface area contributed by atoms with Gasteiger partial charge in [-0.05, 0) is 42.7 Å². The number of carbonyl (C=O) groups excluding carboxylic acids is 1. The smallest absolute Gasteiger partial charge is 0.260 e. The second-order valence-corrected chi connectivity index (χ2v) is 8.08. The van der Waals surface area contributed by atoms with Crippen LogP contribution in [0.4, 0.5) is 5.13 Å². The molecule has 1 amide bonds. The first-order valence-electron chi connectivity index (χ1n) is 9.74. The van der Waals surface area contributed by atoms with E-state index in [0.29, 0.717) is 13.1 Å². The maximum absolute atomic E-state index is 12.5. The highest BCUT2D eigenvalue weighted by atomic mass is 32.1. The Balaban J connectivity index is 1.34. The molecule has 0 saturated carbocycles. The van der Waals surface area contributed by atoms with Crippen molar-refractivity contribution >= 4 is 32.6 Å². The molecule has 2 heterocycles. The van der Waals surface area contributed by atoms with Gasteiger partial charge in [-0.25, -0.2) is 4.98 Å². The Morgan fingerprint density at radius 2 is 1.93 bits per heavy atom. The molecule has 6 heteroatoms. The summed E-state index contributed by atoms with van der Waals surface area (Å²) in [5.74, 6) is 0.815. The SMILES string of the molecule is CCc1ccc2nc(N3CCN(C(=O)COc4ccccc4C)CC3)sc2c1. The summed E-state index contributed by atoms with van der Waals surface area (Å²) in [7, 11) is 0. The van der Waals surface area contributed by atoms with Gasteiger partial charge in [0.2, 0.25) is 0 Å². The topological polar surface area (TPSA) is 45.7 Å². The monoisotopic (exact) mass is 395 g/mol. The summed E-state index contributed by atoms with van der Waals surface area (Å²) in [4.78, 5) is 21.5. The zero-order valence-corrected chi connectivity index (χ0v) is 17.2. The molecule has 0 aliphatic carbocycles. The summed E-state index contributed by atoms with van der Waals surface area (Å²) >= 11 is 1.74. The van der Waals surface area contributed by atoms with E-state index in [1.54, 1.807) is 11.3 Å². The number of aromatic nitrogens is 1. The number of benzene rings is 2. The van der Waals surface area contributed by atoms with Gasteiger partial charge in [-0.2, -0.15) is 0 Å². The minimum Gasteiger partial charge on any atom is -0.484 e. The van der Waals surface area contributed by atoms with E-state index >= 15 is 0 Å². The molecule has 3 aromatic rings. The Bertz CT molecular complexity index is 977. The number of fused-ring (bicyclic) bond motifs is 1. The number of thiazole rings is 1. The summed E-state index contributed by atoms with van der Waals surface area (Å²) in [6.07, 6.45) is 1.04. The Morgan fingerprint density at radius 3 is 2.68 bits per heavy atom. The Kier molecular flexibility index (Phi) is 5.48. The van der Waals surface area contributed by atoms with Crippen molar-refractivity contribution in [3.63, 3.8) is 0 Å². The van der Waals surface area contributed by atoms with Crippen LogP contribution in [0.5, 0.6) is 5.75 Å². The molecule has 28 heavy (non-hydrogen) atoms. The normalized spacial score (nSPS) is 14.5. The third-order valence-electron chi connectivity index (χ3n) is 5.20. The second-order valence-electron chi connectivity index (χ2n) is 7.07. The van der Waals surface area contributed by atoms with Crippen LogP contribution in [0.25, 0.3) is 10.2 Å². The lowest BCUT2D eigenvalue weighted by Crippen LogP contribution is -2.50. The predicted molar refractivity (Wildman–Crippen MR) is 114 cm³/mol. The number of carbonyl (C=O) groups is 1. The van der Waals surface area contributed by atoms with Crippen LogP contribution in [0, 0.1) is 6.92 Å². The van der Waals surface area contributed by atoms with Crippen molar-refractivity contribution in [2.45, 2.75) is 20.3 Å². The quantitative estimate of drug-likeness (QED) is 0.657. The fraction of sp³-hybridized carbons (Fsp3) is 0.364. The number of nitrogens with zero attached hydrogens (tertiary/aromatic N) is 3. The fourth-order valence-electron chi connectivity index (χ4n) is 3.41. The van der Waals surface area contributed by atoms with Gasteiger partial charge in [0.15, 0.2) is 11.7 Å². The van der Waals surface area contributed by atoms with Crippen LogP contribution in [-0.2, 0) is 11.2 Å². The number of anilines is 1. The lowest BCUT2D eigenvalue weighted by Gasteiger charge is -2.34. The second kappa shape index (κ2) is 8.19. The maximum atomic E-state index is 12.5. The molecular formula is C22H25N3O2S. The molecular weight excluding hydrogens is 370 g/mol. The Morgan fingerprint density at radius 1 is 1.14 bits per heavy atom. The number of piperazine rings is 1. The van der Waals surface area contributed by atoms with Crippen LogP contribution in [0.2, 0.25) is 0 Å². The van der Waals surface area contributed by atoms with Gasteiger partial charge in [0.05, 0.1) is 10.2 Å². The van der Waals surface area contributed by atoms with E-state index in [0.717, 1.165) is 41.5 Å². The maximum Gasteiger partial charge on any atom is 0.260 e. The Labute approximate surface area is 169 Å². The minimum absolute atomic E-state index is 0.0415. The van der Waals surface area contributed by atoms with Crippen LogP contribution in [0.3, 0.4) is 0 Å². The molecule has 4 rings (SSSR count). The lowest BCUT2D eigenvalue weighted by molar-refractivity contribution is -0.133. The van der Waals surface area contributed by atoms with Gasteiger partial charge in [0.1, 0.15) is 5.75 Å². The summed E-state index contributed by atoms with van der Waals surface area (Å²) < 4.78 is 6.95. The first-order chi connectivity index (χ1) is 13.6. The van der Waals surface area contributed by atoms with Crippen LogP contribution < -0.4 is 9.64 Å². The molecule has 0 unspecified atom stereocenters. The van der Waals surface area contributed by atoms with Gasteiger partial charge >= 0.3 is 0 Å². The fourth-order valence-corrected chi connectivity index (χ4v) is 4.49. The zero-order chi connectivity index (χ0) is 19.5. The van der Waals surface area contributed by atoms with Crippen molar-refractivity contribution in [1.82, 2.24) is 9.88 Å². The lowest BCUT2D eigenvalue weighted by atomic mass is 10.2. The largest absolute Gasteiger partial charge is 0.484 e. The first-order valence-corrected chi connectivity index (χ1v) is 10.6. The number of rotatable bonds is 5. The first kappa shape index (κ1) is 18.7. The van der Waals surface area contributed by atoms with Gasteiger partial charge in [-0.15, -0.1) is 0 Å². The summed E-state index contributed by atoms with van der Waals surface area (Å²) in [6.45, 7) is 7.25. The van der Waals surface area contributed by atoms with E-state index in [2.05, 4.69) is 30.0 Å². The average Bonchev–Trinajstić information content (AvgIpc) is 3.16. The molecule has 0 radical (unpaired) electrons. The molecule has 1 aliphatic rings. The van der Waals surface area contributed by atoms with E-state index in [9.17, 15) is 4.79 Å². The van der Waals surface area contributed by atoms with Crippen molar-refractivity contribution < 1.29 is 9.53 Å². The molecule has 1 aromatic heterocycles. The molecule has 1 aliphatic heterocycles. The number of hydrogen-bond acceptors (Lipinski definition) is 5. The molecule has 1 fully saturated rings. The van der Waals surface area contributed by atoms with Crippen LogP contribution >= 0.6 is 11.3 Å². The highest BCUT2D eigenvalue weighted by Crippen LogP contribution is 2.30. The minimum atomic E-state index is 0.0415. The summed E-state index contributed by atoms with van der Waals surface area (Å²) in [5.41, 5.74) is 3.44. The van der Waals surface area contributed by atoms with Gasteiger partial charge in [-0.1, -0.05) is 42.5 Å². The molecule has 0 N–H and O–H groups in total. The highest BCUT2D eigenvalue weighted by molar-refractivity contribution is 7.22. The predicted octanol–water partition coefficient (Wildman–Crippen LogP) is 3.89.